The monoisotopic (exact) mass is 521 g/mol. The van der Waals surface area contributed by atoms with Gasteiger partial charge in [-0.25, -0.2) is 4.79 Å². The van der Waals surface area contributed by atoms with E-state index >= 15 is 0 Å². The highest BCUT2D eigenvalue weighted by Crippen LogP contribution is 2.27. The highest BCUT2D eigenvalue weighted by molar-refractivity contribution is 5.99. The fourth-order valence-electron chi connectivity index (χ4n) is 4.13. The maximum Gasteiger partial charge on any atom is 0.408 e. The molecular formula is C31H43N3O4. The number of nitrogens with zero attached hydrogens (tertiary/aromatic N) is 1. The number of alkyl carbamates (subject to hydrolysis) is 1. The van der Waals surface area contributed by atoms with Gasteiger partial charge in [0.1, 0.15) is 17.7 Å². The maximum absolute atomic E-state index is 14.1. The average Bonchev–Trinajstić information content (AvgIpc) is 2.80. The van der Waals surface area contributed by atoms with Crippen molar-refractivity contribution in [1.82, 2.24) is 10.2 Å². The van der Waals surface area contributed by atoms with Gasteiger partial charge in [-0.05, 0) is 82.2 Å². The van der Waals surface area contributed by atoms with E-state index in [-0.39, 0.29) is 24.3 Å². The third kappa shape index (κ3) is 8.75. The number of rotatable bonds is 10. The fourth-order valence-corrected chi connectivity index (χ4v) is 4.13. The van der Waals surface area contributed by atoms with Crippen LogP contribution in [0.4, 0.5) is 10.5 Å². The average molecular weight is 522 g/mol. The van der Waals surface area contributed by atoms with Crippen LogP contribution in [0.5, 0.6) is 0 Å². The van der Waals surface area contributed by atoms with Crippen LogP contribution in [0.1, 0.15) is 69.3 Å². The van der Waals surface area contributed by atoms with Gasteiger partial charge in [0.05, 0.1) is 0 Å². The van der Waals surface area contributed by atoms with E-state index in [4.69, 9.17) is 4.74 Å². The first kappa shape index (κ1) is 30.6. The van der Waals surface area contributed by atoms with Crippen molar-refractivity contribution in [2.24, 2.45) is 5.92 Å². The van der Waals surface area contributed by atoms with Crippen LogP contribution in [0.3, 0.4) is 0 Å². The molecule has 38 heavy (non-hydrogen) atoms. The first-order valence-corrected chi connectivity index (χ1v) is 13.1. The Balaban J connectivity index is 2.55. The molecule has 0 saturated heterocycles. The Labute approximate surface area is 227 Å². The second-order valence-electron chi connectivity index (χ2n) is 11.2. The third-order valence-electron chi connectivity index (χ3n) is 6.11. The Morgan fingerprint density at radius 1 is 1.00 bits per heavy atom. The first-order valence-electron chi connectivity index (χ1n) is 13.1. The van der Waals surface area contributed by atoms with E-state index in [0.29, 0.717) is 17.7 Å². The van der Waals surface area contributed by atoms with Gasteiger partial charge in [0, 0.05) is 12.2 Å². The van der Waals surface area contributed by atoms with Crippen molar-refractivity contribution in [3.05, 3.63) is 77.4 Å². The molecule has 0 spiro atoms. The van der Waals surface area contributed by atoms with Gasteiger partial charge < -0.3 is 20.3 Å². The zero-order valence-corrected chi connectivity index (χ0v) is 24.1. The van der Waals surface area contributed by atoms with Gasteiger partial charge in [-0.2, -0.15) is 0 Å². The Bertz CT molecular complexity index is 1150. The quantitative estimate of drug-likeness (QED) is 0.362. The Morgan fingerprint density at radius 3 is 2.21 bits per heavy atom. The lowest BCUT2D eigenvalue weighted by Gasteiger charge is -2.34. The molecule has 2 aromatic carbocycles. The van der Waals surface area contributed by atoms with Crippen LogP contribution in [0, 0.1) is 26.7 Å². The van der Waals surface area contributed by atoms with Crippen molar-refractivity contribution in [3.8, 4) is 0 Å². The molecule has 0 heterocycles. The Kier molecular flexibility index (Phi) is 10.7. The highest BCUT2D eigenvalue weighted by Gasteiger charge is 2.36. The van der Waals surface area contributed by atoms with Crippen molar-refractivity contribution < 1.29 is 19.1 Å². The fraction of sp³-hybridized carbons (Fsp3) is 0.452. The molecule has 7 heteroatoms. The van der Waals surface area contributed by atoms with Crippen LogP contribution in [0.15, 0.2) is 55.1 Å². The molecule has 206 valence electrons. The second-order valence-corrected chi connectivity index (χ2v) is 11.2. The van der Waals surface area contributed by atoms with Crippen molar-refractivity contribution in [2.75, 3.05) is 11.9 Å². The molecule has 2 N–H and O–H groups in total. The number of anilines is 1. The molecule has 7 nitrogen and oxygen atoms in total. The number of carbonyl (C=O) groups excluding carboxylic acids is 3. The van der Waals surface area contributed by atoms with Crippen LogP contribution < -0.4 is 10.6 Å². The van der Waals surface area contributed by atoms with Crippen molar-refractivity contribution in [2.45, 2.75) is 79.5 Å². The first-order chi connectivity index (χ1) is 17.7. The number of nitrogens with one attached hydrogen (secondary N) is 2. The summed E-state index contributed by atoms with van der Waals surface area (Å²) in [6.45, 7) is 19.1. The predicted molar refractivity (Wildman–Crippen MR) is 153 cm³/mol. The third-order valence-corrected chi connectivity index (χ3v) is 6.11. The van der Waals surface area contributed by atoms with E-state index in [1.165, 1.54) is 4.90 Å². The molecule has 2 unspecified atom stereocenters. The zero-order chi connectivity index (χ0) is 28.6. The second kappa shape index (κ2) is 13.3. The van der Waals surface area contributed by atoms with Gasteiger partial charge in [-0.15, -0.1) is 6.58 Å². The van der Waals surface area contributed by atoms with Gasteiger partial charge in [-0.1, -0.05) is 56.3 Å². The zero-order valence-electron chi connectivity index (χ0n) is 24.1. The summed E-state index contributed by atoms with van der Waals surface area (Å²) < 4.78 is 5.43. The van der Waals surface area contributed by atoms with Crippen LogP contribution in [0.25, 0.3) is 0 Å². The number of carbonyl (C=O) groups is 3. The van der Waals surface area contributed by atoms with E-state index in [1.54, 1.807) is 26.8 Å². The van der Waals surface area contributed by atoms with E-state index in [1.807, 2.05) is 77.1 Å². The predicted octanol–water partition coefficient (Wildman–Crippen LogP) is 6.25. The van der Waals surface area contributed by atoms with E-state index in [0.717, 1.165) is 16.7 Å². The summed E-state index contributed by atoms with van der Waals surface area (Å²) in [4.78, 5) is 42.1. The summed E-state index contributed by atoms with van der Waals surface area (Å²) in [5.74, 6) is -0.628. The molecule has 2 rings (SSSR count). The minimum Gasteiger partial charge on any atom is -0.444 e. The molecule has 0 saturated carbocycles. The molecule has 3 amide bonds. The highest BCUT2D eigenvalue weighted by atomic mass is 16.6. The summed E-state index contributed by atoms with van der Waals surface area (Å²) >= 11 is 0. The molecule has 0 fully saturated rings. The molecular weight excluding hydrogens is 478 g/mol. The molecule has 0 aliphatic rings. The number of hydrogen-bond acceptors (Lipinski definition) is 4. The number of amides is 3. The lowest BCUT2D eigenvalue weighted by atomic mass is 9.96. The summed E-state index contributed by atoms with van der Waals surface area (Å²) in [6, 6.07) is 11.4. The number of aryl methyl sites for hydroxylation is 3. The van der Waals surface area contributed by atoms with Crippen LogP contribution in [-0.2, 0) is 14.3 Å². The van der Waals surface area contributed by atoms with Crippen molar-refractivity contribution in [1.29, 1.82) is 0 Å². The van der Waals surface area contributed by atoms with Gasteiger partial charge in [0.2, 0.25) is 5.91 Å². The normalized spacial score (nSPS) is 12.9. The van der Waals surface area contributed by atoms with Crippen LogP contribution in [0.2, 0.25) is 0 Å². The molecule has 0 aromatic heterocycles. The maximum atomic E-state index is 14.1. The molecule has 0 radical (unpaired) electrons. The molecule has 2 aromatic rings. The standard InChI is InChI=1S/C31H43N3O4/c1-10-17-34(29(36)26(18-20(2)3)33-30(37)38-31(7,8)9)27(24-16-15-21(4)23(6)19-24)28(35)32-25-14-12-11-13-22(25)5/h10-16,19-20,26-27H,1,17-18H2,2-9H3,(H,32,35)(H,33,37). The number of hydrogen-bond donors (Lipinski definition) is 2. The van der Waals surface area contributed by atoms with Crippen molar-refractivity contribution >= 4 is 23.6 Å². The Morgan fingerprint density at radius 2 is 1.66 bits per heavy atom. The van der Waals surface area contributed by atoms with Crippen molar-refractivity contribution in [3.63, 3.8) is 0 Å². The van der Waals surface area contributed by atoms with Gasteiger partial charge in [-0.3, -0.25) is 9.59 Å². The smallest absolute Gasteiger partial charge is 0.408 e. The number of para-hydroxylation sites is 1. The minimum absolute atomic E-state index is 0.102. The summed E-state index contributed by atoms with van der Waals surface area (Å²) in [5.41, 5.74) is 3.63. The molecule has 2 atom stereocenters. The topological polar surface area (TPSA) is 87.7 Å². The largest absolute Gasteiger partial charge is 0.444 e. The van der Waals surface area contributed by atoms with Crippen LogP contribution in [-0.4, -0.2) is 41.0 Å². The summed E-state index contributed by atoms with van der Waals surface area (Å²) in [7, 11) is 0. The Hall–Kier alpha value is -3.61. The lowest BCUT2D eigenvalue weighted by Crippen LogP contribution is -2.52. The molecule has 0 aliphatic carbocycles. The number of ether oxygens (including phenoxy) is 1. The van der Waals surface area contributed by atoms with E-state index < -0.39 is 23.8 Å². The van der Waals surface area contributed by atoms with Gasteiger partial charge >= 0.3 is 6.09 Å². The SMILES string of the molecule is C=CCN(C(=O)C(CC(C)C)NC(=O)OC(C)(C)C)C(C(=O)Nc1ccccc1C)c1ccc(C)c(C)c1. The van der Waals surface area contributed by atoms with Crippen LogP contribution >= 0.6 is 0 Å². The van der Waals surface area contributed by atoms with Gasteiger partial charge in [0.25, 0.3) is 5.91 Å². The summed E-state index contributed by atoms with van der Waals surface area (Å²) in [6.07, 6.45) is 1.29. The lowest BCUT2D eigenvalue weighted by molar-refractivity contribution is -0.140. The molecule has 0 aliphatic heterocycles. The number of benzene rings is 2. The van der Waals surface area contributed by atoms with E-state index in [2.05, 4.69) is 17.2 Å². The minimum atomic E-state index is -0.950. The molecule has 0 bridgehead atoms. The summed E-state index contributed by atoms with van der Waals surface area (Å²) in [5, 5.41) is 5.76. The van der Waals surface area contributed by atoms with Gasteiger partial charge in [0.15, 0.2) is 0 Å². The van der Waals surface area contributed by atoms with E-state index in [9.17, 15) is 14.4 Å².